The SMILES string of the molecule is Cn1c(=O)c2c(ncn2CCS(=O)(=O)CCC(N)=O)n(C)c1=O. The molecule has 0 saturated carbocycles. The first-order chi connectivity index (χ1) is 10.6. The molecule has 2 heterocycles. The van der Waals surface area contributed by atoms with E-state index in [2.05, 4.69) is 4.98 Å². The molecular weight excluding hydrogens is 326 g/mol. The van der Waals surface area contributed by atoms with Crippen LogP contribution in [0.5, 0.6) is 0 Å². The fourth-order valence-electron chi connectivity index (χ4n) is 2.16. The second-order valence-corrected chi connectivity index (χ2v) is 7.49. The minimum absolute atomic E-state index is 0.00889. The van der Waals surface area contributed by atoms with Gasteiger partial charge in [0.1, 0.15) is 0 Å². The summed E-state index contributed by atoms with van der Waals surface area (Å²) in [7, 11) is -0.674. The summed E-state index contributed by atoms with van der Waals surface area (Å²) < 4.78 is 27.3. The average molecular weight is 343 g/mol. The van der Waals surface area contributed by atoms with E-state index in [9.17, 15) is 22.8 Å². The van der Waals surface area contributed by atoms with E-state index in [1.165, 1.54) is 29.6 Å². The van der Waals surface area contributed by atoms with E-state index >= 15 is 0 Å². The van der Waals surface area contributed by atoms with Gasteiger partial charge >= 0.3 is 5.69 Å². The Kier molecular flexibility index (Phi) is 4.41. The highest BCUT2D eigenvalue weighted by Crippen LogP contribution is 2.06. The van der Waals surface area contributed by atoms with Gasteiger partial charge in [-0.2, -0.15) is 0 Å². The van der Waals surface area contributed by atoms with Crippen molar-refractivity contribution in [1.82, 2.24) is 18.7 Å². The Morgan fingerprint density at radius 3 is 2.48 bits per heavy atom. The van der Waals surface area contributed by atoms with Crippen molar-refractivity contribution in [3.63, 3.8) is 0 Å². The van der Waals surface area contributed by atoms with E-state index in [1.54, 1.807) is 0 Å². The number of rotatable bonds is 6. The molecule has 0 aliphatic carbocycles. The van der Waals surface area contributed by atoms with Crippen LogP contribution >= 0.6 is 0 Å². The lowest BCUT2D eigenvalue weighted by Crippen LogP contribution is -2.37. The number of fused-ring (bicyclic) bond motifs is 1. The lowest BCUT2D eigenvalue weighted by Gasteiger charge is -2.07. The van der Waals surface area contributed by atoms with E-state index in [0.29, 0.717) is 0 Å². The minimum atomic E-state index is -3.49. The predicted octanol–water partition coefficient (Wildman–Crippen LogP) is -2.28. The Morgan fingerprint density at radius 1 is 1.22 bits per heavy atom. The molecule has 10 nitrogen and oxygen atoms in total. The van der Waals surface area contributed by atoms with Gasteiger partial charge in [-0.1, -0.05) is 0 Å². The van der Waals surface area contributed by atoms with Crippen LogP contribution in [0.1, 0.15) is 6.42 Å². The van der Waals surface area contributed by atoms with Crippen molar-refractivity contribution in [2.24, 2.45) is 19.8 Å². The number of primary amides is 1. The maximum atomic E-state index is 12.2. The van der Waals surface area contributed by atoms with Crippen LogP contribution < -0.4 is 17.0 Å². The number of hydrogen-bond acceptors (Lipinski definition) is 6. The van der Waals surface area contributed by atoms with Gasteiger partial charge < -0.3 is 10.3 Å². The molecule has 23 heavy (non-hydrogen) atoms. The van der Waals surface area contributed by atoms with Crippen LogP contribution in [0, 0.1) is 0 Å². The number of aryl methyl sites for hydroxylation is 2. The highest BCUT2D eigenvalue weighted by atomic mass is 32.2. The first-order valence-electron chi connectivity index (χ1n) is 6.73. The zero-order valence-corrected chi connectivity index (χ0v) is 13.5. The number of amides is 1. The fourth-order valence-corrected chi connectivity index (χ4v) is 3.35. The van der Waals surface area contributed by atoms with Crippen LogP contribution in [0.15, 0.2) is 15.9 Å². The molecular formula is C12H17N5O5S. The summed E-state index contributed by atoms with van der Waals surface area (Å²) in [6.07, 6.45) is 1.07. The first-order valence-corrected chi connectivity index (χ1v) is 8.56. The Balaban J connectivity index is 2.34. The van der Waals surface area contributed by atoms with Crippen molar-refractivity contribution in [3.05, 3.63) is 27.2 Å². The molecule has 2 N–H and O–H groups in total. The molecule has 2 aromatic heterocycles. The second-order valence-electron chi connectivity index (χ2n) is 5.18. The topological polar surface area (TPSA) is 139 Å². The smallest absolute Gasteiger partial charge is 0.332 e. The summed E-state index contributed by atoms with van der Waals surface area (Å²) in [5.74, 6) is -1.30. The van der Waals surface area contributed by atoms with Crippen molar-refractivity contribution in [2.75, 3.05) is 11.5 Å². The van der Waals surface area contributed by atoms with Crippen molar-refractivity contribution < 1.29 is 13.2 Å². The number of imidazole rings is 1. The first kappa shape index (κ1) is 16.9. The van der Waals surface area contributed by atoms with Gasteiger partial charge in [-0.05, 0) is 0 Å². The summed E-state index contributed by atoms with van der Waals surface area (Å²) in [6.45, 7) is -0.00889. The molecule has 0 unspecified atom stereocenters. The van der Waals surface area contributed by atoms with Crippen LogP contribution in [-0.2, 0) is 35.3 Å². The molecule has 2 aromatic rings. The number of hydrogen-bond donors (Lipinski definition) is 1. The normalized spacial score (nSPS) is 11.9. The highest BCUT2D eigenvalue weighted by molar-refractivity contribution is 7.91. The third-order valence-electron chi connectivity index (χ3n) is 3.52. The van der Waals surface area contributed by atoms with Gasteiger partial charge in [0.05, 0.1) is 17.8 Å². The van der Waals surface area contributed by atoms with E-state index in [4.69, 9.17) is 5.73 Å². The van der Waals surface area contributed by atoms with Gasteiger partial charge in [0.15, 0.2) is 21.0 Å². The fraction of sp³-hybridized carbons (Fsp3) is 0.500. The quantitative estimate of drug-likeness (QED) is 0.627. The number of sulfone groups is 1. The molecule has 2 rings (SSSR count). The van der Waals surface area contributed by atoms with Crippen LogP contribution in [0.3, 0.4) is 0 Å². The molecule has 11 heteroatoms. The van der Waals surface area contributed by atoms with E-state index < -0.39 is 27.0 Å². The summed E-state index contributed by atoms with van der Waals surface area (Å²) in [4.78, 5) is 38.7. The molecule has 0 atom stereocenters. The van der Waals surface area contributed by atoms with E-state index in [0.717, 1.165) is 4.57 Å². The summed E-state index contributed by atoms with van der Waals surface area (Å²) in [5.41, 5.74) is 4.22. The number of carbonyl (C=O) groups is 1. The lowest BCUT2D eigenvalue weighted by atomic mass is 10.5. The Bertz CT molecular complexity index is 982. The van der Waals surface area contributed by atoms with Crippen molar-refractivity contribution in [2.45, 2.75) is 13.0 Å². The number of nitrogens with two attached hydrogens (primary N) is 1. The third-order valence-corrected chi connectivity index (χ3v) is 5.15. The van der Waals surface area contributed by atoms with Gasteiger partial charge in [-0.3, -0.25) is 18.7 Å². The minimum Gasteiger partial charge on any atom is -0.370 e. The lowest BCUT2D eigenvalue weighted by molar-refractivity contribution is -0.117. The monoisotopic (exact) mass is 343 g/mol. The maximum Gasteiger partial charge on any atom is 0.332 e. The van der Waals surface area contributed by atoms with E-state index in [-0.39, 0.29) is 35.6 Å². The maximum absolute atomic E-state index is 12.2. The third kappa shape index (κ3) is 3.33. The molecule has 126 valence electrons. The Hall–Kier alpha value is -2.43. The standard InChI is InChI=1S/C12H17N5O5S/c1-15-10-9(11(19)16(2)12(15)20)17(7-14-10)4-6-23(21,22)5-3-8(13)18/h7H,3-6H2,1-2H3,(H2,13,18). The number of nitrogens with zero attached hydrogens (tertiary/aromatic N) is 4. The molecule has 0 aliphatic heterocycles. The zero-order chi connectivity index (χ0) is 17.4. The van der Waals surface area contributed by atoms with Crippen LogP contribution in [0.25, 0.3) is 11.2 Å². The predicted molar refractivity (Wildman–Crippen MR) is 82.7 cm³/mol. The molecule has 1 amide bonds. The zero-order valence-electron chi connectivity index (χ0n) is 12.7. The molecule has 0 spiro atoms. The summed E-state index contributed by atoms with van der Waals surface area (Å²) in [5, 5.41) is 0. The largest absolute Gasteiger partial charge is 0.370 e. The van der Waals surface area contributed by atoms with E-state index in [1.807, 2.05) is 0 Å². The second kappa shape index (κ2) is 5.99. The molecule has 0 radical (unpaired) electrons. The van der Waals surface area contributed by atoms with Gasteiger partial charge in [-0.25, -0.2) is 18.2 Å². The van der Waals surface area contributed by atoms with Crippen LogP contribution in [0.2, 0.25) is 0 Å². The van der Waals surface area contributed by atoms with Gasteiger partial charge in [-0.15, -0.1) is 0 Å². The molecule has 0 aromatic carbocycles. The number of aromatic nitrogens is 4. The molecule has 0 saturated heterocycles. The summed E-state index contributed by atoms with van der Waals surface area (Å²) in [6, 6.07) is 0. The highest BCUT2D eigenvalue weighted by Gasteiger charge is 2.17. The summed E-state index contributed by atoms with van der Waals surface area (Å²) >= 11 is 0. The van der Waals surface area contributed by atoms with Crippen LogP contribution in [-0.4, -0.2) is 44.5 Å². The molecule has 0 bridgehead atoms. The van der Waals surface area contributed by atoms with Gasteiger partial charge in [0, 0.05) is 27.1 Å². The van der Waals surface area contributed by atoms with Crippen molar-refractivity contribution >= 4 is 26.9 Å². The molecule has 0 fully saturated rings. The van der Waals surface area contributed by atoms with Gasteiger partial charge in [0.2, 0.25) is 5.91 Å². The van der Waals surface area contributed by atoms with Crippen molar-refractivity contribution in [3.8, 4) is 0 Å². The van der Waals surface area contributed by atoms with Crippen LogP contribution in [0.4, 0.5) is 0 Å². The average Bonchev–Trinajstić information content (AvgIpc) is 2.91. The Labute approximate surface area is 131 Å². The van der Waals surface area contributed by atoms with Gasteiger partial charge in [0.25, 0.3) is 5.56 Å². The Morgan fingerprint density at radius 2 is 1.87 bits per heavy atom. The van der Waals surface area contributed by atoms with Crippen molar-refractivity contribution in [1.29, 1.82) is 0 Å². The molecule has 0 aliphatic rings. The number of carbonyl (C=O) groups excluding carboxylic acids is 1.